The molecule has 27 heavy (non-hydrogen) atoms. The van der Waals surface area contributed by atoms with E-state index in [2.05, 4.69) is 29.8 Å². The molecular weight excluding hydrogens is 362 g/mol. The topological polar surface area (TPSA) is 42.9 Å². The molecule has 0 N–H and O–H groups in total. The minimum atomic E-state index is -0.0435. The molecule has 142 valence electrons. The normalized spacial score (nSPS) is 18.5. The second kappa shape index (κ2) is 7.37. The van der Waals surface area contributed by atoms with Crippen LogP contribution in [0.3, 0.4) is 0 Å². The first kappa shape index (κ1) is 18.1. The summed E-state index contributed by atoms with van der Waals surface area (Å²) in [6, 6.07) is 11.3. The highest BCUT2D eigenvalue weighted by atomic mass is 35.5. The standard InChI is InChI=1S/C20H24ClN5O/c1-15-3-8-18(22-19(15)24-11-9-23(2)10-12-24)26-14-13-25(20(26)27)17-6-4-16(21)5-7-17/h3-8H,9-14H2,1-2H3. The first-order valence-electron chi connectivity index (χ1n) is 9.28. The Labute approximate surface area is 164 Å². The van der Waals surface area contributed by atoms with Gasteiger partial charge in [-0.25, -0.2) is 9.78 Å². The highest BCUT2D eigenvalue weighted by Gasteiger charge is 2.32. The first-order chi connectivity index (χ1) is 13.0. The number of benzene rings is 1. The first-order valence-corrected chi connectivity index (χ1v) is 9.66. The number of halogens is 1. The quantitative estimate of drug-likeness (QED) is 0.813. The number of hydrogen-bond acceptors (Lipinski definition) is 4. The SMILES string of the molecule is Cc1ccc(N2CCN(c3ccc(Cl)cc3)C2=O)nc1N1CCN(C)CC1. The molecular formula is C20H24ClN5O. The van der Waals surface area contributed by atoms with Gasteiger partial charge < -0.3 is 9.80 Å². The van der Waals surface area contributed by atoms with Crippen molar-refractivity contribution < 1.29 is 4.79 Å². The van der Waals surface area contributed by atoms with Gasteiger partial charge >= 0.3 is 6.03 Å². The third kappa shape index (κ3) is 3.59. The van der Waals surface area contributed by atoms with Crippen molar-refractivity contribution >= 4 is 35.0 Å². The molecule has 0 atom stereocenters. The minimum Gasteiger partial charge on any atom is -0.354 e. The van der Waals surface area contributed by atoms with E-state index in [-0.39, 0.29) is 6.03 Å². The van der Waals surface area contributed by atoms with Crippen LogP contribution in [-0.4, -0.2) is 62.2 Å². The number of carbonyl (C=O) groups is 1. The van der Waals surface area contributed by atoms with Crippen molar-refractivity contribution in [3.63, 3.8) is 0 Å². The summed E-state index contributed by atoms with van der Waals surface area (Å²) < 4.78 is 0. The lowest BCUT2D eigenvalue weighted by Crippen LogP contribution is -2.45. The number of urea groups is 1. The summed E-state index contributed by atoms with van der Waals surface area (Å²) in [6.07, 6.45) is 0. The van der Waals surface area contributed by atoms with Gasteiger partial charge in [0.25, 0.3) is 0 Å². The van der Waals surface area contributed by atoms with E-state index >= 15 is 0 Å². The van der Waals surface area contributed by atoms with Crippen LogP contribution >= 0.6 is 11.6 Å². The smallest absolute Gasteiger partial charge is 0.330 e. The molecule has 0 saturated carbocycles. The number of amides is 2. The molecule has 0 radical (unpaired) electrons. The highest BCUT2D eigenvalue weighted by molar-refractivity contribution is 6.30. The molecule has 1 aromatic heterocycles. The number of hydrogen-bond donors (Lipinski definition) is 0. The molecule has 4 rings (SSSR count). The molecule has 3 heterocycles. The Morgan fingerprint density at radius 1 is 0.889 bits per heavy atom. The Morgan fingerprint density at radius 2 is 1.56 bits per heavy atom. The van der Waals surface area contributed by atoms with Crippen molar-refractivity contribution in [1.29, 1.82) is 0 Å². The molecule has 2 fully saturated rings. The van der Waals surface area contributed by atoms with Gasteiger partial charge in [-0.05, 0) is 49.9 Å². The van der Waals surface area contributed by atoms with Crippen LogP contribution in [0.1, 0.15) is 5.56 Å². The lowest BCUT2D eigenvalue weighted by atomic mass is 10.2. The van der Waals surface area contributed by atoms with Crippen molar-refractivity contribution in [3.05, 3.63) is 47.0 Å². The van der Waals surface area contributed by atoms with Gasteiger partial charge in [0, 0.05) is 50.0 Å². The molecule has 1 aromatic carbocycles. The summed E-state index contributed by atoms with van der Waals surface area (Å²) in [6.45, 7) is 7.31. The molecule has 0 bridgehead atoms. The maximum absolute atomic E-state index is 13.0. The van der Waals surface area contributed by atoms with Gasteiger partial charge in [-0.15, -0.1) is 0 Å². The van der Waals surface area contributed by atoms with E-state index in [1.54, 1.807) is 9.80 Å². The number of likely N-dealkylation sites (N-methyl/N-ethyl adjacent to an activating group) is 1. The van der Waals surface area contributed by atoms with Gasteiger partial charge in [0.05, 0.1) is 0 Å². The molecule has 2 amide bonds. The molecule has 2 aliphatic rings. The van der Waals surface area contributed by atoms with Crippen molar-refractivity contribution in [1.82, 2.24) is 9.88 Å². The second-order valence-electron chi connectivity index (χ2n) is 7.16. The molecule has 0 spiro atoms. The van der Waals surface area contributed by atoms with Crippen molar-refractivity contribution in [3.8, 4) is 0 Å². The molecule has 2 aromatic rings. The monoisotopic (exact) mass is 385 g/mol. The lowest BCUT2D eigenvalue weighted by molar-refractivity contribution is 0.255. The van der Waals surface area contributed by atoms with E-state index in [4.69, 9.17) is 16.6 Å². The van der Waals surface area contributed by atoms with Gasteiger partial charge in [0.15, 0.2) is 0 Å². The number of aryl methyl sites for hydroxylation is 1. The summed E-state index contributed by atoms with van der Waals surface area (Å²) in [4.78, 5) is 26.0. The maximum Gasteiger partial charge on any atom is 0.330 e. The summed E-state index contributed by atoms with van der Waals surface area (Å²) in [7, 11) is 2.14. The molecule has 2 saturated heterocycles. The number of nitrogens with zero attached hydrogens (tertiary/aromatic N) is 5. The number of anilines is 3. The van der Waals surface area contributed by atoms with Crippen LogP contribution in [0.4, 0.5) is 22.1 Å². The zero-order chi connectivity index (χ0) is 19.0. The fraction of sp³-hybridized carbons (Fsp3) is 0.400. The number of aromatic nitrogens is 1. The Hall–Kier alpha value is -2.31. The van der Waals surface area contributed by atoms with Gasteiger partial charge in [-0.3, -0.25) is 9.80 Å². The number of piperazine rings is 1. The van der Waals surface area contributed by atoms with Gasteiger partial charge in [-0.2, -0.15) is 0 Å². The maximum atomic E-state index is 13.0. The lowest BCUT2D eigenvalue weighted by Gasteiger charge is -2.34. The largest absolute Gasteiger partial charge is 0.354 e. The summed E-state index contributed by atoms with van der Waals surface area (Å²) in [5.74, 6) is 1.70. The average Bonchev–Trinajstić information content (AvgIpc) is 3.05. The van der Waals surface area contributed by atoms with Gasteiger partial charge in [0.2, 0.25) is 0 Å². The van der Waals surface area contributed by atoms with E-state index < -0.39 is 0 Å². The van der Waals surface area contributed by atoms with Gasteiger partial charge in [-0.1, -0.05) is 17.7 Å². The summed E-state index contributed by atoms with van der Waals surface area (Å²) >= 11 is 5.96. The zero-order valence-corrected chi connectivity index (χ0v) is 16.5. The number of pyridine rings is 1. The fourth-order valence-corrected chi connectivity index (χ4v) is 3.73. The van der Waals surface area contributed by atoms with Crippen molar-refractivity contribution in [2.45, 2.75) is 6.92 Å². The van der Waals surface area contributed by atoms with Crippen LogP contribution in [0, 0.1) is 6.92 Å². The van der Waals surface area contributed by atoms with E-state index in [1.807, 2.05) is 30.3 Å². The Morgan fingerprint density at radius 3 is 2.26 bits per heavy atom. The molecule has 6 nitrogen and oxygen atoms in total. The van der Waals surface area contributed by atoms with Crippen LogP contribution in [0.25, 0.3) is 0 Å². The number of rotatable bonds is 3. The highest BCUT2D eigenvalue weighted by Crippen LogP contribution is 2.28. The Bertz CT molecular complexity index is 833. The molecule has 0 unspecified atom stereocenters. The zero-order valence-electron chi connectivity index (χ0n) is 15.7. The second-order valence-corrected chi connectivity index (χ2v) is 7.60. The van der Waals surface area contributed by atoms with Crippen LogP contribution < -0.4 is 14.7 Å². The fourth-order valence-electron chi connectivity index (χ4n) is 3.61. The van der Waals surface area contributed by atoms with E-state index in [0.29, 0.717) is 18.1 Å². The van der Waals surface area contributed by atoms with Crippen LogP contribution in [-0.2, 0) is 0 Å². The Balaban J connectivity index is 1.56. The van der Waals surface area contributed by atoms with Gasteiger partial charge in [0.1, 0.15) is 11.6 Å². The molecule has 7 heteroatoms. The van der Waals surface area contributed by atoms with E-state index in [9.17, 15) is 4.79 Å². The molecule has 2 aliphatic heterocycles. The number of carbonyl (C=O) groups excluding carboxylic acids is 1. The average molecular weight is 386 g/mol. The molecule has 0 aliphatic carbocycles. The van der Waals surface area contributed by atoms with Crippen LogP contribution in [0.2, 0.25) is 5.02 Å². The minimum absolute atomic E-state index is 0.0435. The van der Waals surface area contributed by atoms with E-state index in [0.717, 1.165) is 49.1 Å². The van der Waals surface area contributed by atoms with Crippen LogP contribution in [0.15, 0.2) is 36.4 Å². The van der Waals surface area contributed by atoms with Crippen molar-refractivity contribution in [2.24, 2.45) is 0 Å². The van der Waals surface area contributed by atoms with Crippen LogP contribution in [0.5, 0.6) is 0 Å². The van der Waals surface area contributed by atoms with Crippen molar-refractivity contribution in [2.75, 3.05) is 61.0 Å². The third-order valence-corrected chi connectivity index (χ3v) is 5.53. The summed E-state index contributed by atoms with van der Waals surface area (Å²) in [5.41, 5.74) is 2.00. The predicted molar refractivity (Wildman–Crippen MR) is 110 cm³/mol. The Kier molecular flexibility index (Phi) is 4.93. The predicted octanol–water partition coefficient (Wildman–Crippen LogP) is 3.24. The third-order valence-electron chi connectivity index (χ3n) is 5.28. The van der Waals surface area contributed by atoms with E-state index in [1.165, 1.54) is 0 Å². The summed E-state index contributed by atoms with van der Waals surface area (Å²) in [5, 5.41) is 0.666.